The van der Waals surface area contributed by atoms with Crippen molar-refractivity contribution in [3.8, 4) is 0 Å². The van der Waals surface area contributed by atoms with Crippen LogP contribution in [-0.4, -0.2) is 45.7 Å². The van der Waals surface area contributed by atoms with Gasteiger partial charge in [0.25, 0.3) is 0 Å². The standard InChI is InChI=1S/C10H19NO4/c1-10(2,3)15-9(14)11-6-4-5-7(11)8(12)13/h7-8,12-13H,4-6H2,1-3H3/t7-/m0/s1. The first-order chi connectivity index (χ1) is 6.81. The van der Waals surface area contributed by atoms with Crippen LogP contribution in [0.25, 0.3) is 0 Å². The second-order valence-corrected chi connectivity index (χ2v) is 4.80. The van der Waals surface area contributed by atoms with E-state index >= 15 is 0 Å². The first-order valence-electron chi connectivity index (χ1n) is 5.17. The molecule has 15 heavy (non-hydrogen) atoms. The molecular formula is C10H19NO4. The van der Waals surface area contributed by atoms with Gasteiger partial charge < -0.3 is 19.8 Å². The molecule has 2 N–H and O–H groups in total. The minimum atomic E-state index is -1.49. The van der Waals surface area contributed by atoms with Gasteiger partial charge in [0, 0.05) is 6.54 Å². The highest BCUT2D eigenvalue weighted by molar-refractivity contribution is 5.69. The summed E-state index contributed by atoms with van der Waals surface area (Å²) in [5, 5.41) is 18.2. The van der Waals surface area contributed by atoms with E-state index in [-0.39, 0.29) is 0 Å². The highest BCUT2D eigenvalue weighted by Gasteiger charge is 2.35. The maximum Gasteiger partial charge on any atom is 0.410 e. The highest BCUT2D eigenvalue weighted by atomic mass is 16.6. The molecule has 88 valence electrons. The fraction of sp³-hybridized carbons (Fsp3) is 0.900. The second kappa shape index (κ2) is 4.37. The van der Waals surface area contributed by atoms with E-state index in [0.29, 0.717) is 13.0 Å². The van der Waals surface area contributed by atoms with E-state index in [0.717, 1.165) is 6.42 Å². The fourth-order valence-electron chi connectivity index (χ4n) is 1.65. The van der Waals surface area contributed by atoms with Crippen molar-refractivity contribution >= 4 is 6.09 Å². The average Bonchev–Trinajstić information content (AvgIpc) is 2.47. The zero-order valence-electron chi connectivity index (χ0n) is 9.43. The lowest BCUT2D eigenvalue weighted by molar-refractivity contribution is -0.0912. The summed E-state index contributed by atoms with van der Waals surface area (Å²) in [5.41, 5.74) is -0.551. The number of hydrogen-bond donors (Lipinski definition) is 2. The normalized spacial score (nSPS) is 22.3. The molecule has 1 aliphatic heterocycles. The van der Waals surface area contributed by atoms with Crippen molar-refractivity contribution in [2.24, 2.45) is 0 Å². The number of rotatable bonds is 1. The van der Waals surface area contributed by atoms with E-state index in [2.05, 4.69) is 0 Å². The van der Waals surface area contributed by atoms with Crippen LogP contribution in [0.15, 0.2) is 0 Å². The molecule has 0 saturated carbocycles. The Balaban J connectivity index is 2.59. The van der Waals surface area contributed by atoms with Crippen molar-refractivity contribution in [1.29, 1.82) is 0 Å². The van der Waals surface area contributed by atoms with Crippen molar-refractivity contribution in [2.45, 2.75) is 51.5 Å². The molecule has 1 saturated heterocycles. The number of hydrogen-bond acceptors (Lipinski definition) is 4. The van der Waals surface area contributed by atoms with Crippen LogP contribution in [0.2, 0.25) is 0 Å². The molecule has 1 amide bonds. The predicted molar refractivity (Wildman–Crippen MR) is 54.2 cm³/mol. The van der Waals surface area contributed by atoms with Crippen molar-refractivity contribution in [2.75, 3.05) is 6.54 Å². The summed E-state index contributed by atoms with van der Waals surface area (Å²) in [6, 6.07) is -0.528. The predicted octanol–water partition coefficient (Wildman–Crippen LogP) is 0.697. The quantitative estimate of drug-likeness (QED) is 0.634. The Kier molecular flexibility index (Phi) is 3.57. The maximum absolute atomic E-state index is 11.7. The monoisotopic (exact) mass is 217 g/mol. The second-order valence-electron chi connectivity index (χ2n) is 4.80. The van der Waals surface area contributed by atoms with Crippen LogP contribution in [0, 0.1) is 0 Å². The number of carbonyl (C=O) groups is 1. The molecule has 0 aromatic carbocycles. The first kappa shape index (κ1) is 12.3. The van der Waals surface area contributed by atoms with E-state index in [4.69, 9.17) is 14.9 Å². The minimum Gasteiger partial charge on any atom is -0.444 e. The SMILES string of the molecule is CC(C)(C)OC(=O)N1CCC[C@H]1C(O)O. The van der Waals surface area contributed by atoms with E-state index in [1.54, 1.807) is 20.8 Å². The Morgan fingerprint density at radius 2 is 2.07 bits per heavy atom. The van der Waals surface area contributed by atoms with Crippen LogP contribution < -0.4 is 0 Å². The zero-order chi connectivity index (χ0) is 11.6. The summed E-state index contributed by atoms with van der Waals surface area (Å²) in [6.45, 7) is 5.87. The van der Waals surface area contributed by atoms with Gasteiger partial charge in [-0.3, -0.25) is 0 Å². The van der Waals surface area contributed by atoms with Gasteiger partial charge in [-0.2, -0.15) is 0 Å². The third-order valence-electron chi connectivity index (χ3n) is 2.27. The molecule has 0 aromatic heterocycles. The summed E-state index contributed by atoms with van der Waals surface area (Å²) >= 11 is 0. The summed E-state index contributed by atoms with van der Waals surface area (Å²) in [6.07, 6.45) is -0.573. The van der Waals surface area contributed by atoms with Crippen molar-refractivity contribution < 1.29 is 19.7 Å². The van der Waals surface area contributed by atoms with Crippen LogP contribution in [-0.2, 0) is 4.74 Å². The summed E-state index contributed by atoms with van der Waals surface area (Å²) in [4.78, 5) is 13.0. The third-order valence-corrected chi connectivity index (χ3v) is 2.27. The number of likely N-dealkylation sites (tertiary alicyclic amines) is 1. The minimum absolute atomic E-state index is 0.474. The Morgan fingerprint density at radius 1 is 1.47 bits per heavy atom. The number of carbonyl (C=O) groups excluding carboxylic acids is 1. The molecule has 0 bridgehead atoms. The molecule has 5 heteroatoms. The van der Waals surface area contributed by atoms with Crippen molar-refractivity contribution in [3.63, 3.8) is 0 Å². The van der Waals surface area contributed by atoms with Crippen LogP contribution >= 0.6 is 0 Å². The lowest BCUT2D eigenvalue weighted by atomic mass is 10.2. The van der Waals surface area contributed by atoms with Gasteiger partial charge >= 0.3 is 6.09 Å². The number of amides is 1. The molecule has 1 heterocycles. The number of aliphatic hydroxyl groups is 2. The molecule has 5 nitrogen and oxygen atoms in total. The Labute approximate surface area is 89.6 Å². The molecule has 1 fully saturated rings. The van der Waals surface area contributed by atoms with Crippen molar-refractivity contribution in [1.82, 2.24) is 4.90 Å². The lowest BCUT2D eigenvalue weighted by Crippen LogP contribution is -2.45. The van der Waals surface area contributed by atoms with Crippen LogP contribution in [0.5, 0.6) is 0 Å². The Hall–Kier alpha value is -0.810. The molecular weight excluding hydrogens is 198 g/mol. The summed E-state index contributed by atoms with van der Waals surface area (Å²) in [5.74, 6) is 0. The van der Waals surface area contributed by atoms with Gasteiger partial charge in [0.15, 0.2) is 6.29 Å². The molecule has 0 unspecified atom stereocenters. The van der Waals surface area contributed by atoms with Crippen LogP contribution in [0.4, 0.5) is 4.79 Å². The van der Waals surface area contributed by atoms with Gasteiger partial charge in [0.1, 0.15) is 5.60 Å². The summed E-state index contributed by atoms with van der Waals surface area (Å²) < 4.78 is 5.17. The zero-order valence-corrected chi connectivity index (χ0v) is 9.43. The van der Waals surface area contributed by atoms with Gasteiger partial charge in [-0.05, 0) is 33.6 Å². The number of nitrogens with zero attached hydrogens (tertiary/aromatic N) is 1. The Morgan fingerprint density at radius 3 is 2.53 bits per heavy atom. The molecule has 1 rings (SSSR count). The van der Waals surface area contributed by atoms with Gasteiger partial charge in [-0.25, -0.2) is 4.79 Å². The van der Waals surface area contributed by atoms with Gasteiger partial charge in [0.05, 0.1) is 6.04 Å². The van der Waals surface area contributed by atoms with Crippen molar-refractivity contribution in [3.05, 3.63) is 0 Å². The number of ether oxygens (including phenoxy) is 1. The largest absolute Gasteiger partial charge is 0.444 e. The van der Waals surface area contributed by atoms with Crippen LogP contribution in [0.1, 0.15) is 33.6 Å². The van der Waals surface area contributed by atoms with E-state index in [1.807, 2.05) is 0 Å². The highest BCUT2D eigenvalue weighted by Crippen LogP contribution is 2.22. The van der Waals surface area contributed by atoms with Gasteiger partial charge in [-0.1, -0.05) is 0 Å². The van der Waals surface area contributed by atoms with Crippen LogP contribution in [0.3, 0.4) is 0 Å². The molecule has 0 radical (unpaired) electrons. The molecule has 0 aromatic rings. The van der Waals surface area contributed by atoms with E-state index in [1.165, 1.54) is 4.90 Å². The molecule has 1 atom stereocenters. The first-order valence-corrected chi connectivity index (χ1v) is 5.17. The fourth-order valence-corrected chi connectivity index (χ4v) is 1.65. The molecule has 0 aliphatic carbocycles. The Bertz CT molecular complexity index is 234. The maximum atomic E-state index is 11.7. The summed E-state index contributed by atoms with van der Waals surface area (Å²) in [7, 11) is 0. The smallest absolute Gasteiger partial charge is 0.410 e. The lowest BCUT2D eigenvalue weighted by Gasteiger charge is -2.29. The van der Waals surface area contributed by atoms with Gasteiger partial charge in [-0.15, -0.1) is 0 Å². The topological polar surface area (TPSA) is 70.0 Å². The average molecular weight is 217 g/mol. The number of aliphatic hydroxyl groups excluding tert-OH is 1. The molecule has 1 aliphatic rings. The van der Waals surface area contributed by atoms with E-state index in [9.17, 15) is 4.79 Å². The van der Waals surface area contributed by atoms with E-state index < -0.39 is 24.0 Å². The van der Waals surface area contributed by atoms with Gasteiger partial charge in [0.2, 0.25) is 0 Å². The third kappa shape index (κ3) is 3.35. The molecule has 0 spiro atoms.